The SMILES string of the molecule is CCCCCC(CCC)Nc1cc(F)c(C2CCC(=O)NC2=O)c(F)c1. The van der Waals surface area contributed by atoms with E-state index in [9.17, 15) is 18.4 Å². The zero-order chi connectivity index (χ0) is 19.1. The molecule has 0 radical (unpaired) electrons. The number of hydrogen-bond donors (Lipinski definition) is 2. The summed E-state index contributed by atoms with van der Waals surface area (Å²) in [5, 5.41) is 5.38. The number of nitrogens with one attached hydrogen (secondary N) is 2. The van der Waals surface area contributed by atoms with Crippen molar-refractivity contribution in [2.75, 3.05) is 5.32 Å². The minimum Gasteiger partial charge on any atom is -0.382 e. The van der Waals surface area contributed by atoms with Crippen molar-refractivity contribution in [3.05, 3.63) is 29.3 Å². The molecule has 1 fully saturated rings. The van der Waals surface area contributed by atoms with Crippen LogP contribution >= 0.6 is 0 Å². The Bertz CT molecular complexity index is 626. The van der Waals surface area contributed by atoms with Crippen molar-refractivity contribution in [2.45, 2.75) is 77.2 Å². The van der Waals surface area contributed by atoms with E-state index in [1.54, 1.807) is 0 Å². The number of carbonyl (C=O) groups excluding carboxylic acids is 2. The van der Waals surface area contributed by atoms with E-state index in [0.717, 1.165) is 38.5 Å². The van der Waals surface area contributed by atoms with Crippen LogP contribution in [0.4, 0.5) is 14.5 Å². The van der Waals surface area contributed by atoms with Gasteiger partial charge in [-0.05, 0) is 31.4 Å². The van der Waals surface area contributed by atoms with Crippen LogP contribution in [0.5, 0.6) is 0 Å². The van der Waals surface area contributed by atoms with Crippen LogP contribution in [0.2, 0.25) is 0 Å². The van der Waals surface area contributed by atoms with E-state index in [2.05, 4.69) is 24.5 Å². The fraction of sp³-hybridized carbons (Fsp3) is 0.600. The van der Waals surface area contributed by atoms with Crippen molar-refractivity contribution < 1.29 is 18.4 Å². The molecule has 2 atom stereocenters. The van der Waals surface area contributed by atoms with Crippen molar-refractivity contribution >= 4 is 17.5 Å². The standard InChI is InChI=1S/C20H28F2N2O2/c1-3-5-6-8-13(7-4-2)23-14-11-16(21)19(17(22)12-14)15-9-10-18(25)24-20(15)26/h11-13,15,23H,3-10H2,1-2H3,(H,24,25,26). The molecule has 2 amide bonds. The van der Waals surface area contributed by atoms with Gasteiger partial charge in [0.15, 0.2) is 0 Å². The van der Waals surface area contributed by atoms with Crippen LogP contribution in [-0.2, 0) is 9.59 Å². The molecular weight excluding hydrogens is 338 g/mol. The fourth-order valence-corrected chi connectivity index (χ4v) is 3.48. The Hall–Kier alpha value is -1.98. The average molecular weight is 366 g/mol. The van der Waals surface area contributed by atoms with Crippen LogP contribution in [-0.4, -0.2) is 17.9 Å². The van der Waals surface area contributed by atoms with Crippen LogP contribution < -0.4 is 10.6 Å². The zero-order valence-corrected chi connectivity index (χ0v) is 15.5. The molecule has 1 heterocycles. The van der Waals surface area contributed by atoms with Gasteiger partial charge in [0.05, 0.1) is 5.92 Å². The van der Waals surface area contributed by atoms with Gasteiger partial charge in [0, 0.05) is 23.7 Å². The van der Waals surface area contributed by atoms with Crippen molar-refractivity contribution in [3.63, 3.8) is 0 Å². The fourth-order valence-electron chi connectivity index (χ4n) is 3.48. The Morgan fingerprint density at radius 3 is 2.38 bits per heavy atom. The highest BCUT2D eigenvalue weighted by Crippen LogP contribution is 2.31. The predicted molar refractivity (Wildman–Crippen MR) is 97.9 cm³/mol. The summed E-state index contributed by atoms with van der Waals surface area (Å²) in [4.78, 5) is 23.2. The van der Waals surface area contributed by atoms with E-state index in [-0.39, 0.29) is 24.4 Å². The molecule has 1 saturated heterocycles. The number of halogens is 2. The number of unbranched alkanes of at least 4 members (excludes halogenated alkanes) is 2. The molecule has 2 N–H and O–H groups in total. The van der Waals surface area contributed by atoms with Gasteiger partial charge in [0.25, 0.3) is 0 Å². The third kappa shape index (κ3) is 5.26. The maximum absolute atomic E-state index is 14.6. The van der Waals surface area contributed by atoms with Crippen LogP contribution in [0.1, 0.15) is 76.7 Å². The maximum atomic E-state index is 14.6. The van der Waals surface area contributed by atoms with Crippen molar-refractivity contribution in [2.24, 2.45) is 0 Å². The number of imide groups is 1. The highest BCUT2D eigenvalue weighted by molar-refractivity contribution is 6.01. The Labute approximate surface area is 153 Å². The van der Waals surface area contributed by atoms with Gasteiger partial charge in [0.2, 0.25) is 11.8 Å². The highest BCUT2D eigenvalue weighted by Gasteiger charge is 2.32. The first-order valence-electron chi connectivity index (χ1n) is 9.55. The minimum absolute atomic E-state index is 0.0886. The van der Waals surface area contributed by atoms with Crippen LogP contribution in [0.25, 0.3) is 0 Å². The normalized spacial score (nSPS) is 18.5. The summed E-state index contributed by atoms with van der Waals surface area (Å²) in [5.41, 5.74) is 0.143. The van der Waals surface area contributed by atoms with Gasteiger partial charge in [0.1, 0.15) is 11.6 Å². The summed E-state index contributed by atoms with van der Waals surface area (Å²) in [6, 6.07) is 2.68. The van der Waals surface area contributed by atoms with E-state index in [1.165, 1.54) is 12.1 Å². The summed E-state index contributed by atoms with van der Waals surface area (Å²) in [6.07, 6.45) is 6.44. The number of carbonyl (C=O) groups is 2. The van der Waals surface area contributed by atoms with E-state index in [4.69, 9.17) is 0 Å². The molecule has 0 saturated carbocycles. The molecular formula is C20H28F2N2O2. The van der Waals surface area contributed by atoms with E-state index < -0.39 is 29.4 Å². The molecule has 1 aromatic carbocycles. The molecule has 1 aliphatic rings. The maximum Gasteiger partial charge on any atom is 0.234 e. The van der Waals surface area contributed by atoms with Crippen LogP contribution in [0.15, 0.2) is 12.1 Å². The number of rotatable bonds is 9. The molecule has 0 bridgehead atoms. The van der Waals surface area contributed by atoms with E-state index in [1.807, 2.05) is 0 Å². The molecule has 1 aromatic rings. The van der Waals surface area contributed by atoms with Crippen molar-refractivity contribution in [1.82, 2.24) is 5.32 Å². The van der Waals surface area contributed by atoms with Gasteiger partial charge in [-0.1, -0.05) is 39.5 Å². The van der Waals surface area contributed by atoms with Crippen LogP contribution in [0.3, 0.4) is 0 Å². The van der Waals surface area contributed by atoms with Gasteiger partial charge in [-0.25, -0.2) is 8.78 Å². The number of amides is 2. The largest absolute Gasteiger partial charge is 0.382 e. The molecule has 0 spiro atoms. The molecule has 2 rings (SSSR count). The van der Waals surface area contributed by atoms with Gasteiger partial charge in [-0.2, -0.15) is 0 Å². The average Bonchev–Trinajstić information content (AvgIpc) is 2.56. The first-order valence-corrected chi connectivity index (χ1v) is 9.55. The third-order valence-electron chi connectivity index (χ3n) is 4.83. The quantitative estimate of drug-likeness (QED) is 0.494. The second-order valence-electron chi connectivity index (χ2n) is 6.98. The lowest BCUT2D eigenvalue weighted by molar-refractivity contribution is -0.134. The van der Waals surface area contributed by atoms with Gasteiger partial charge < -0.3 is 5.32 Å². The molecule has 26 heavy (non-hydrogen) atoms. The van der Waals surface area contributed by atoms with Crippen molar-refractivity contribution in [1.29, 1.82) is 0 Å². The van der Waals surface area contributed by atoms with Gasteiger partial charge in [-0.3, -0.25) is 14.9 Å². The lowest BCUT2D eigenvalue weighted by Crippen LogP contribution is -2.40. The first-order chi connectivity index (χ1) is 12.5. The molecule has 4 nitrogen and oxygen atoms in total. The smallest absolute Gasteiger partial charge is 0.234 e. The lowest BCUT2D eigenvalue weighted by atomic mass is 9.89. The molecule has 0 aromatic heterocycles. The second-order valence-corrected chi connectivity index (χ2v) is 6.98. The number of hydrogen-bond acceptors (Lipinski definition) is 3. The second kappa shape index (κ2) is 9.64. The van der Waals surface area contributed by atoms with E-state index in [0.29, 0.717) is 5.69 Å². The predicted octanol–water partition coefficient (Wildman–Crippen LogP) is 4.65. The van der Waals surface area contributed by atoms with E-state index >= 15 is 0 Å². The molecule has 144 valence electrons. The summed E-state index contributed by atoms with van der Waals surface area (Å²) in [7, 11) is 0. The molecule has 6 heteroatoms. The van der Waals surface area contributed by atoms with Gasteiger partial charge in [-0.15, -0.1) is 0 Å². The Morgan fingerprint density at radius 1 is 1.12 bits per heavy atom. The molecule has 0 aliphatic carbocycles. The van der Waals surface area contributed by atoms with Crippen molar-refractivity contribution in [3.8, 4) is 0 Å². The Balaban J connectivity index is 2.14. The molecule has 1 aliphatic heterocycles. The number of anilines is 1. The van der Waals surface area contributed by atoms with Crippen LogP contribution in [0, 0.1) is 11.6 Å². The van der Waals surface area contributed by atoms with Gasteiger partial charge >= 0.3 is 0 Å². The Kier molecular flexibility index (Phi) is 7.54. The summed E-state index contributed by atoms with van der Waals surface area (Å²) >= 11 is 0. The first kappa shape index (κ1) is 20.3. The summed E-state index contributed by atoms with van der Waals surface area (Å²) in [5.74, 6) is -3.49. The molecule has 2 unspecified atom stereocenters. The minimum atomic E-state index is -0.960. The topological polar surface area (TPSA) is 58.2 Å². The highest BCUT2D eigenvalue weighted by atomic mass is 19.1. The summed E-state index contributed by atoms with van der Waals surface area (Å²) < 4.78 is 29.1. The number of piperidine rings is 1. The lowest BCUT2D eigenvalue weighted by Gasteiger charge is -2.23. The Morgan fingerprint density at radius 2 is 1.81 bits per heavy atom. The third-order valence-corrected chi connectivity index (χ3v) is 4.83. The monoisotopic (exact) mass is 366 g/mol. The summed E-state index contributed by atoms with van der Waals surface area (Å²) in [6.45, 7) is 4.22. The zero-order valence-electron chi connectivity index (χ0n) is 15.5. The number of benzene rings is 1.